The minimum Gasteiger partial charge on any atom is -0.405 e. The first-order valence-corrected chi connectivity index (χ1v) is 8.01. The highest BCUT2D eigenvalue weighted by Gasteiger charge is 2.47. The average Bonchev–Trinajstić information content (AvgIpc) is 1.99. The molecule has 96 valence electrons. The standard InChI is InChI=1S/C10H19F3O2Si/c1-9(2,3)16(4,5)15-8(6-7-14)10(11,12)13/h7-8H,6H2,1-5H3. The third-order valence-electron chi connectivity index (χ3n) is 2.92. The van der Waals surface area contributed by atoms with Crippen molar-refractivity contribution in [2.45, 2.75) is 57.6 Å². The minimum atomic E-state index is -4.48. The molecule has 0 saturated heterocycles. The molecule has 1 unspecified atom stereocenters. The Kier molecular flexibility index (Phi) is 4.76. The zero-order chi connectivity index (χ0) is 13.2. The molecule has 0 aromatic carbocycles. The molecule has 0 aliphatic heterocycles. The molecular formula is C10H19F3O2Si. The summed E-state index contributed by atoms with van der Waals surface area (Å²) in [6.07, 6.45) is -6.82. The first kappa shape index (κ1) is 15.6. The lowest BCUT2D eigenvalue weighted by Gasteiger charge is -2.39. The van der Waals surface area contributed by atoms with Gasteiger partial charge < -0.3 is 9.22 Å². The summed E-state index contributed by atoms with van der Waals surface area (Å²) in [6, 6.07) is 0. The number of carbonyl (C=O) groups is 1. The molecule has 0 aliphatic rings. The van der Waals surface area contributed by atoms with Gasteiger partial charge in [-0.1, -0.05) is 20.8 Å². The Labute approximate surface area is 95.3 Å². The summed E-state index contributed by atoms with van der Waals surface area (Å²) in [5.74, 6) is 0. The lowest BCUT2D eigenvalue weighted by atomic mass is 10.2. The first-order valence-electron chi connectivity index (χ1n) is 5.10. The predicted molar refractivity (Wildman–Crippen MR) is 58.8 cm³/mol. The van der Waals surface area contributed by atoms with Crippen LogP contribution in [0.25, 0.3) is 0 Å². The number of aldehydes is 1. The third kappa shape index (κ3) is 4.25. The fourth-order valence-electron chi connectivity index (χ4n) is 0.868. The van der Waals surface area contributed by atoms with Gasteiger partial charge in [0.2, 0.25) is 0 Å². The molecule has 16 heavy (non-hydrogen) atoms. The fraction of sp³-hybridized carbons (Fsp3) is 0.900. The number of rotatable bonds is 4. The maximum Gasteiger partial charge on any atom is 0.413 e. The van der Waals surface area contributed by atoms with E-state index in [0.717, 1.165) is 0 Å². The Balaban J connectivity index is 4.83. The second-order valence-electron chi connectivity index (χ2n) is 5.31. The number of hydrogen-bond donors (Lipinski definition) is 0. The molecule has 0 fully saturated rings. The van der Waals surface area contributed by atoms with Gasteiger partial charge in [0.05, 0.1) is 0 Å². The Morgan fingerprint density at radius 2 is 1.69 bits per heavy atom. The molecule has 0 bridgehead atoms. The molecule has 0 aromatic rings. The van der Waals surface area contributed by atoms with Crippen molar-refractivity contribution in [2.75, 3.05) is 0 Å². The van der Waals surface area contributed by atoms with Crippen LogP contribution in [0.4, 0.5) is 13.2 Å². The Bertz CT molecular complexity index is 243. The number of halogens is 3. The minimum absolute atomic E-state index is 0.255. The van der Waals surface area contributed by atoms with Crippen LogP contribution in [-0.2, 0) is 9.22 Å². The van der Waals surface area contributed by atoms with E-state index in [9.17, 15) is 18.0 Å². The molecule has 0 amide bonds. The highest BCUT2D eigenvalue weighted by Crippen LogP contribution is 2.39. The average molecular weight is 256 g/mol. The molecule has 0 N–H and O–H groups in total. The normalized spacial score (nSPS) is 16.0. The van der Waals surface area contributed by atoms with Crippen LogP contribution in [0.15, 0.2) is 0 Å². The lowest BCUT2D eigenvalue weighted by molar-refractivity contribution is -0.199. The van der Waals surface area contributed by atoms with E-state index in [1.165, 1.54) is 0 Å². The molecule has 6 heteroatoms. The van der Waals surface area contributed by atoms with E-state index in [1.807, 2.05) is 20.8 Å². The zero-order valence-electron chi connectivity index (χ0n) is 10.3. The molecule has 0 saturated carbocycles. The number of hydrogen-bond acceptors (Lipinski definition) is 2. The van der Waals surface area contributed by atoms with E-state index in [-0.39, 0.29) is 11.3 Å². The van der Waals surface area contributed by atoms with Crippen LogP contribution in [0.3, 0.4) is 0 Å². The van der Waals surface area contributed by atoms with Crippen molar-refractivity contribution in [2.24, 2.45) is 0 Å². The van der Waals surface area contributed by atoms with Gasteiger partial charge in [-0.15, -0.1) is 0 Å². The van der Waals surface area contributed by atoms with Gasteiger partial charge >= 0.3 is 6.18 Å². The van der Waals surface area contributed by atoms with Gasteiger partial charge in [0.1, 0.15) is 12.4 Å². The van der Waals surface area contributed by atoms with Gasteiger partial charge in [-0.2, -0.15) is 13.2 Å². The predicted octanol–water partition coefficient (Wildman–Crippen LogP) is 3.53. The largest absolute Gasteiger partial charge is 0.413 e. The second kappa shape index (κ2) is 4.87. The number of carbonyl (C=O) groups excluding carboxylic acids is 1. The van der Waals surface area contributed by atoms with E-state index >= 15 is 0 Å². The van der Waals surface area contributed by atoms with Gasteiger partial charge in [0.15, 0.2) is 8.32 Å². The van der Waals surface area contributed by atoms with Gasteiger partial charge in [-0.05, 0) is 18.1 Å². The zero-order valence-corrected chi connectivity index (χ0v) is 11.3. The van der Waals surface area contributed by atoms with Crippen LogP contribution in [0.2, 0.25) is 18.1 Å². The van der Waals surface area contributed by atoms with Crippen molar-refractivity contribution >= 4 is 14.6 Å². The summed E-state index contributed by atoms with van der Waals surface area (Å²) >= 11 is 0. The summed E-state index contributed by atoms with van der Waals surface area (Å²) in [6.45, 7) is 9.03. The van der Waals surface area contributed by atoms with Crippen LogP contribution in [-0.4, -0.2) is 26.9 Å². The van der Waals surface area contributed by atoms with Crippen LogP contribution in [0.1, 0.15) is 27.2 Å². The molecule has 0 radical (unpaired) electrons. The molecule has 0 aliphatic carbocycles. The van der Waals surface area contributed by atoms with Crippen molar-refractivity contribution in [1.29, 1.82) is 0 Å². The van der Waals surface area contributed by atoms with E-state index in [4.69, 9.17) is 4.43 Å². The molecular weight excluding hydrogens is 237 g/mol. The SMILES string of the molecule is CC(C)(C)[Si](C)(C)OC(CC=O)C(F)(F)F. The van der Waals surface area contributed by atoms with E-state index in [0.29, 0.717) is 0 Å². The summed E-state index contributed by atoms with van der Waals surface area (Å²) in [5.41, 5.74) is 0. The van der Waals surface area contributed by atoms with Crippen molar-refractivity contribution in [3.63, 3.8) is 0 Å². The van der Waals surface area contributed by atoms with Gasteiger partial charge in [0.25, 0.3) is 0 Å². The van der Waals surface area contributed by atoms with Crippen LogP contribution >= 0.6 is 0 Å². The van der Waals surface area contributed by atoms with Crippen molar-refractivity contribution in [1.82, 2.24) is 0 Å². The Hall–Kier alpha value is -0.363. The highest BCUT2D eigenvalue weighted by molar-refractivity contribution is 6.74. The molecule has 0 aromatic heterocycles. The molecule has 0 spiro atoms. The van der Waals surface area contributed by atoms with Gasteiger partial charge in [0, 0.05) is 6.42 Å². The fourth-order valence-corrected chi connectivity index (χ4v) is 2.16. The molecule has 2 nitrogen and oxygen atoms in total. The highest BCUT2D eigenvalue weighted by atomic mass is 28.4. The van der Waals surface area contributed by atoms with Gasteiger partial charge in [-0.3, -0.25) is 0 Å². The van der Waals surface area contributed by atoms with Crippen molar-refractivity contribution in [3.05, 3.63) is 0 Å². The summed E-state index contributed by atoms with van der Waals surface area (Å²) in [7, 11) is -2.49. The summed E-state index contributed by atoms with van der Waals surface area (Å²) < 4.78 is 42.9. The van der Waals surface area contributed by atoms with Gasteiger partial charge in [-0.25, -0.2) is 0 Å². The summed E-state index contributed by atoms with van der Waals surface area (Å²) in [5, 5.41) is -0.306. The lowest BCUT2D eigenvalue weighted by Crippen LogP contribution is -2.48. The maximum absolute atomic E-state index is 12.6. The topological polar surface area (TPSA) is 26.3 Å². The van der Waals surface area contributed by atoms with Crippen molar-refractivity contribution < 1.29 is 22.4 Å². The maximum atomic E-state index is 12.6. The Morgan fingerprint density at radius 3 is 1.94 bits per heavy atom. The summed E-state index contributed by atoms with van der Waals surface area (Å²) in [4.78, 5) is 10.2. The first-order chi connectivity index (χ1) is 6.92. The monoisotopic (exact) mass is 256 g/mol. The molecule has 0 heterocycles. The van der Waals surface area contributed by atoms with E-state index in [1.54, 1.807) is 13.1 Å². The molecule has 0 rings (SSSR count). The van der Waals surface area contributed by atoms with E-state index < -0.39 is 27.0 Å². The van der Waals surface area contributed by atoms with Crippen LogP contribution in [0, 0.1) is 0 Å². The van der Waals surface area contributed by atoms with Crippen molar-refractivity contribution in [3.8, 4) is 0 Å². The quantitative estimate of drug-likeness (QED) is 0.568. The Morgan fingerprint density at radius 1 is 1.25 bits per heavy atom. The number of alkyl halides is 3. The smallest absolute Gasteiger partial charge is 0.405 e. The molecule has 1 atom stereocenters. The van der Waals surface area contributed by atoms with Crippen LogP contribution < -0.4 is 0 Å². The second-order valence-corrected chi connectivity index (χ2v) is 10.1. The third-order valence-corrected chi connectivity index (χ3v) is 7.40. The van der Waals surface area contributed by atoms with Crippen LogP contribution in [0.5, 0.6) is 0 Å². The van der Waals surface area contributed by atoms with E-state index in [2.05, 4.69) is 0 Å².